The molecule has 0 aliphatic heterocycles. The number of rotatable bonds is 2. The molecule has 2 N–H and O–H groups in total. The van der Waals surface area contributed by atoms with Crippen LogP contribution >= 0.6 is 0 Å². The highest BCUT2D eigenvalue weighted by Gasteiger charge is 2.07. The smallest absolute Gasteiger partial charge is 0.162 e. The Hall–Kier alpha value is -1.97. The molecule has 0 spiro atoms. The molecule has 0 aliphatic carbocycles. The van der Waals surface area contributed by atoms with Gasteiger partial charge in [-0.3, -0.25) is 4.98 Å². The van der Waals surface area contributed by atoms with E-state index in [-0.39, 0.29) is 0 Å². The first-order valence-corrected chi connectivity index (χ1v) is 4.52. The van der Waals surface area contributed by atoms with Crippen LogP contribution < -0.4 is 15.2 Å². The van der Waals surface area contributed by atoms with Crippen molar-refractivity contribution in [3.05, 3.63) is 24.4 Å². The number of methoxy groups -OCH3 is 2. The van der Waals surface area contributed by atoms with Gasteiger partial charge in [-0.25, -0.2) is 0 Å². The molecule has 0 atom stereocenters. The molecular weight excluding hydrogens is 192 g/mol. The van der Waals surface area contributed by atoms with Crippen molar-refractivity contribution in [3.8, 4) is 11.5 Å². The molecule has 0 saturated carbocycles. The average Bonchev–Trinajstić information content (AvgIpc) is 2.28. The molecule has 0 radical (unpaired) electrons. The predicted octanol–water partition coefficient (Wildman–Crippen LogP) is 1.83. The molecular formula is C11H12N2O2. The Balaban J connectivity index is 2.75. The number of nitrogens with two attached hydrogens (primary N) is 1. The fourth-order valence-corrected chi connectivity index (χ4v) is 1.49. The van der Waals surface area contributed by atoms with E-state index in [1.54, 1.807) is 26.5 Å². The van der Waals surface area contributed by atoms with Crippen LogP contribution in [-0.2, 0) is 0 Å². The summed E-state index contributed by atoms with van der Waals surface area (Å²) in [6, 6.07) is 5.40. The zero-order chi connectivity index (χ0) is 10.8. The lowest BCUT2D eigenvalue weighted by molar-refractivity contribution is 0.356. The minimum absolute atomic E-state index is 0.656. The van der Waals surface area contributed by atoms with Gasteiger partial charge in [0.1, 0.15) is 0 Å². The quantitative estimate of drug-likeness (QED) is 0.810. The van der Waals surface area contributed by atoms with Gasteiger partial charge in [-0.15, -0.1) is 0 Å². The van der Waals surface area contributed by atoms with Crippen molar-refractivity contribution < 1.29 is 9.47 Å². The van der Waals surface area contributed by atoms with Crippen molar-refractivity contribution in [2.24, 2.45) is 0 Å². The number of anilines is 1. The molecule has 0 aliphatic rings. The SMILES string of the molecule is COc1cc2nccc(N)c2cc1OC. The zero-order valence-electron chi connectivity index (χ0n) is 8.65. The second-order valence-corrected chi connectivity index (χ2v) is 3.12. The van der Waals surface area contributed by atoms with E-state index in [1.807, 2.05) is 12.1 Å². The van der Waals surface area contributed by atoms with Gasteiger partial charge >= 0.3 is 0 Å². The maximum absolute atomic E-state index is 5.83. The standard InChI is InChI=1S/C11H12N2O2/c1-14-10-5-7-8(12)3-4-13-9(7)6-11(10)15-2/h3-6H,1-2H3,(H2,12,13). The number of nitrogens with zero attached hydrogens (tertiary/aromatic N) is 1. The summed E-state index contributed by atoms with van der Waals surface area (Å²) in [6.45, 7) is 0. The Bertz CT molecular complexity index is 497. The van der Waals surface area contributed by atoms with E-state index in [0.717, 1.165) is 10.9 Å². The molecule has 4 nitrogen and oxygen atoms in total. The number of fused-ring (bicyclic) bond motifs is 1. The molecule has 1 aromatic carbocycles. The molecule has 2 aromatic rings. The van der Waals surface area contributed by atoms with Crippen LogP contribution in [0.1, 0.15) is 0 Å². The lowest BCUT2D eigenvalue weighted by atomic mass is 10.1. The van der Waals surface area contributed by atoms with E-state index in [9.17, 15) is 0 Å². The van der Waals surface area contributed by atoms with Crippen LogP contribution in [0.25, 0.3) is 10.9 Å². The van der Waals surface area contributed by atoms with E-state index in [4.69, 9.17) is 15.2 Å². The number of ether oxygens (including phenoxy) is 2. The number of hydrogen-bond donors (Lipinski definition) is 1. The highest BCUT2D eigenvalue weighted by molar-refractivity contribution is 5.92. The minimum atomic E-state index is 0.656. The summed E-state index contributed by atoms with van der Waals surface area (Å²) in [5, 5.41) is 0.871. The summed E-state index contributed by atoms with van der Waals surface area (Å²) < 4.78 is 10.4. The van der Waals surface area contributed by atoms with Crippen LogP contribution in [0.4, 0.5) is 5.69 Å². The topological polar surface area (TPSA) is 57.4 Å². The van der Waals surface area contributed by atoms with Gasteiger partial charge in [0.25, 0.3) is 0 Å². The summed E-state index contributed by atoms with van der Waals surface area (Å²) in [6.07, 6.45) is 1.67. The summed E-state index contributed by atoms with van der Waals surface area (Å²) in [5.74, 6) is 1.31. The first-order chi connectivity index (χ1) is 7.26. The zero-order valence-corrected chi connectivity index (χ0v) is 8.65. The van der Waals surface area contributed by atoms with Crippen molar-refractivity contribution >= 4 is 16.6 Å². The molecule has 0 fully saturated rings. The van der Waals surface area contributed by atoms with Crippen LogP contribution in [0.15, 0.2) is 24.4 Å². The largest absolute Gasteiger partial charge is 0.493 e. The Morgan fingerprint density at radius 1 is 1.13 bits per heavy atom. The Labute approximate surface area is 87.6 Å². The highest BCUT2D eigenvalue weighted by atomic mass is 16.5. The molecule has 0 amide bonds. The van der Waals surface area contributed by atoms with Gasteiger partial charge in [0.05, 0.1) is 19.7 Å². The van der Waals surface area contributed by atoms with Gasteiger partial charge in [0.15, 0.2) is 11.5 Å². The van der Waals surface area contributed by atoms with Crippen LogP contribution in [0.3, 0.4) is 0 Å². The van der Waals surface area contributed by atoms with Crippen LogP contribution in [0.5, 0.6) is 11.5 Å². The van der Waals surface area contributed by atoms with Crippen LogP contribution in [0.2, 0.25) is 0 Å². The van der Waals surface area contributed by atoms with Crippen LogP contribution in [-0.4, -0.2) is 19.2 Å². The average molecular weight is 204 g/mol. The maximum Gasteiger partial charge on any atom is 0.162 e. The second-order valence-electron chi connectivity index (χ2n) is 3.12. The molecule has 15 heavy (non-hydrogen) atoms. The van der Waals surface area contributed by atoms with Gasteiger partial charge in [-0.05, 0) is 12.1 Å². The summed E-state index contributed by atoms with van der Waals surface area (Å²) in [4.78, 5) is 4.21. The highest BCUT2D eigenvalue weighted by Crippen LogP contribution is 2.33. The number of aromatic nitrogens is 1. The molecule has 0 bridgehead atoms. The van der Waals surface area contributed by atoms with Gasteiger partial charge in [-0.2, -0.15) is 0 Å². The Kier molecular flexibility index (Phi) is 2.33. The summed E-state index contributed by atoms with van der Waals surface area (Å²) in [5.41, 5.74) is 7.32. The third-order valence-corrected chi connectivity index (χ3v) is 2.28. The fourth-order valence-electron chi connectivity index (χ4n) is 1.49. The van der Waals surface area contributed by atoms with E-state index >= 15 is 0 Å². The fraction of sp³-hybridized carbons (Fsp3) is 0.182. The second kappa shape index (κ2) is 3.65. The van der Waals surface area contributed by atoms with Gasteiger partial charge in [-0.1, -0.05) is 0 Å². The lowest BCUT2D eigenvalue weighted by Crippen LogP contribution is -1.93. The summed E-state index contributed by atoms with van der Waals surface area (Å²) in [7, 11) is 3.19. The summed E-state index contributed by atoms with van der Waals surface area (Å²) >= 11 is 0. The van der Waals surface area contributed by atoms with Crippen molar-refractivity contribution in [2.75, 3.05) is 20.0 Å². The Morgan fingerprint density at radius 3 is 2.47 bits per heavy atom. The van der Waals surface area contributed by atoms with E-state index < -0.39 is 0 Å². The van der Waals surface area contributed by atoms with Gasteiger partial charge in [0, 0.05) is 23.3 Å². The first kappa shape index (κ1) is 9.58. The number of benzene rings is 1. The third-order valence-electron chi connectivity index (χ3n) is 2.28. The predicted molar refractivity (Wildman–Crippen MR) is 59.3 cm³/mol. The minimum Gasteiger partial charge on any atom is -0.493 e. The molecule has 0 saturated heterocycles. The third kappa shape index (κ3) is 1.54. The molecule has 1 heterocycles. The van der Waals surface area contributed by atoms with Gasteiger partial charge in [0.2, 0.25) is 0 Å². The number of pyridine rings is 1. The monoisotopic (exact) mass is 204 g/mol. The Morgan fingerprint density at radius 2 is 1.80 bits per heavy atom. The van der Waals surface area contributed by atoms with Gasteiger partial charge < -0.3 is 15.2 Å². The molecule has 78 valence electrons. The van der Waals surface area contributed by atoms with Crippen molar-refractivity contribution in [3.63, 3.8) is 0 Å². The molecule has 0 unspecified atom stereocenters. The van der Waals surface area contributed by atoms with E-state index in [1.165, 1.54) is 0 Å². The van der Waals surface area contributed by atoms with Crippen molar-refractivity contribution in [2.45, 2.75) is 0 Å². The van der Waals surface area contributed by atoms with Crippen molar-refractivity contribution in [1.29, 1.82) is 0 Å². The van der Waals surface area contributed by atoms with E-state index in [0.29, 0.717) is 17.2 Å². The lowest BCUT2D eigenvalue weighted by Gasteiger charge is -2.09. The van der Waals surface area contributed by atoms with Crippen molar-refractivity contribution in [1.82, 2.24) is 4.98 Å². The molecule has 4 heteroatoms. The molecule has 2 rings (SSSR count). The maximum atomic E-state index is 5.83. The molecule has 1 aromatic heterocycles. The number of hydrogen-bond acceptors (Lipinski definition) is 4. The van der Waals surface area contributed by atoms with E-state index in [2.05, 4.69) is 4.98 Å². The number of nitrogen functional groups attached to an aromatic ring is 1. The van der Waals surface area contributed by atoms with Crippen LogP contribution in [0, 0.1) is 0 Å². The normalized spacial score (nSPS) is 10.3. The first-order valence-electron chi connectivity index (χ1n) is 4.52.